The van der Waals surface area contributed by atoms with Crippen molar-refractivity contribution in [2.45, 2.75) is 45.7 Å². The number of hydrogen-bond donors (Lipinski definition) is 2. The van der Waals surface area contributed by atoms with E-state index in [9.17, 15) is 4.79 Å². The van der Waals surface area contributed by atoms with E-state index in [0.29, 0.717) is 0 Å². The fourth-order valence-electron chi connectivity index (χ4n) is 1.63. The number of rotatable bonds is 5. The summed E-state index contributed by atoms with van der Waals surface area (Å²) in [5.41, 5.74) is 1.15. The average Bonchev–Trinajstić information content (AvgIpc) is 2.36. The largest absolute Gasteiger partial charge is 0.336 e. The van der Waals surface area contributed by atoms with Crippen LogP contribution in [0, 0.1) is 0 Å². The van der Waals surface area contributed by atoms with Crippen molar-refractivity contribution in [3.63, 3.8) is 0 Å². The lowest BCUT2D eigenvalue weighted by atomic mass is 10.1. The number of amides is 2. The summed E-state index contributed by atoms with van der Waals surface area (Å²) in [6.45, 7) is 6.13. The molecular formula is C14H22N2O. The molecule has 0 aliphatic rings. The van der Waals surface area contributed by atoms with Crippen molar-refractivity contribution in [2.24, 2.45) is 0 Å². The van der Waals surface area contributed by atoms with Crippen molar-refractivity contribution in [1.29, 1.82) is 0 Å². The third-order valence-electron chi connectivity index (χ3n) is 2.91. The smallest absolute Gasteiger partial charge is 0.315 e. The van der Waals surface area contributed by atoms with Gasteiger partial charge in [0.1, 0.15) is 0 Å². The molecule has 0 bridgehead atoms. The van der Waals surface area contributed by atoms with Crippen LogP contribution in [0.4, 0.5) is 4.79 Å². The third-order valence-corrected chi connectivity index (χ3v) is 2.91. The normalized spacial score (nSPS) is 13.8. The first-order valence-electron chi connectivity index (χ1n) is 6.29. The molecule has 3 heteroatoms. The Labute approximate surface area is 104 Å². The maximum absolute atomic E-state index is 11.7. The average molecular weight is 234 g/mol. The lowest BCUT2D eigenvalue weighted by molar-refractivity contribution is 0.233. The van der Waals surface area contributed by atoms with Crippen LogP contribution in [0.1, 0.15) is 45.2 Å². The Morgan fingerprint density at radius 3 is 2.29 bits per heavy atom. The highest BCUT2D eigenvalue weighted by Gasteiger charge is 2.12. The summed E-state index contributed by atoms with van der Waals surface area (Å²) < 4.78 is 0. The Morgan fingerprint density at radius 1 is 1.12 bits per heavy atom. The van der Waals surface area contributed by atoms with Crippen molar-refractivity contribution >= 4 is 6.03 Å². The fourth-order valence-corrected chi connectivity index (χ4v) is 1.63. The van der Waals surface area contributed by atoms with Gasteiger partial charge in [-0.15, -0.1) is 0 Å². The molecule has 0 heterocycles. The molecule has 0 aromatic heterocycles. The molecule has 1 aromatic rings. The van der Waals surface area contributed by atoms with E-state index in [1.807, 2.05) is 37.3 Å². The van der Waals surface area contributed by atoms with E-state index in [1.165, 1.54) is 0 Å². The van der Waals surface area contributed by atoms with Crippen molar-refractivity contribution < 1.29 is 4.79 Å². The second-order valence-corrected chi connectivity index (χ2v) is 4.30. The quantitative estimate of drug-likeness (QED) is 0.807. The van der Waals surface area contributed by atoms with Gasteiger partial charge in [0.05, 0.1) is 6.04 Å². The Hall–Kier alpha value is -1.51. The molecule has 0 unspecified atom stereocenters. The number of hydrogen-bond acceptors (Lipinski definition) is 1. The van der Waals surface area contributed by atoms with Gasteiger partial charge in [-0.05, 0) is 25.3 Å². The lowest BCUT2D eigenvalue weighted by Gasteiger charge is -2.19. The molecule has 0 spiro atoms. The SMILES string of the molecule is CC[C@H](C)NC(=O)N[C@H](CC)c1ccccc1. The van der Waals surface area contributed by atoms with Crippen LogP contribution in [0.2, 0.25) is 0 Å². The molecular weight excluding hydrogens is 212 g/mol. The monoisotopic (exact) mass is 234 g/mol. The summed E-state index contributed by atoms with van der Waals surface area (Å²) in [5.74, 6) is 0. The van der Waals surface area contributed by atoms with Crippen LogP contribution < -0.4 is 10.6 Å². The summed E-state index contributed by atoms with van der Waals surface area (Å²) in [6.07, 6.45) is 1.83. The zero-order valence-corrected chi connectivity index (χ0v) is 10.9. The molecule has 3 nitrogen and oxygen atoms in total. The van der Waals surface area contributed by atoms with Crippen LogP contribution in [0.25, 0.3) is 0 Å². The summed E-state index contributed by atoms with van der Waals surface area (Å²) in [5, 5.41) is 5.91. The second kappa shape index (κ2) is 6.94. The standard InChI is InChI=1S/C14H22N2O/c1-4-11(3)15-14(17)16-13(5-2)12-9-7-6-8-10-12/h6-11,13H,4-5H2,1-3H3,(H2,15,16,17)/t11-,13+/m0/s1. The second-order valence-electron chi connectivity index (χ2n) is 4.30. The number of benzene rings is 1. The van der Waals surface area contributed by atoms with Gasteiger partial charge in [-0.1, -0.05) is 44.2 Å². The first-order valence-corrected chi connectivity index (χ1v) is 6.29. The van der Waals surface area contributed by atoms with Gasteiger partial charge in [0.15, 0.2) is 0 Å². The van der Waals surface area contributed by atoms with Gasteiger partial charge in [0.2, 0.25) is 0 Å². The summed E-state index contributed by atoms with van der Waals surface area (Å²) in [7, 11) is 0. The van der Waals surface area contributed by atoms with Gasteiger partial charge in [-0.3, -0.25) is 0 Å². The van der Waals surface area contributed by atoms with Gasteiger partial charge in [-0.2, -0.15) is 0 Å². The summed E-state index contributed by atoms with van der Waals surface area (Å²) in [6, 6.07) is 10.3. The molecule has 94 valence electrons. The minimum Gasteiger partial charge on any atom is -0.336 e. The summed E-state index contributed by atoms with van der Waals surface area (Å²) in [4.78, 5) is 11.7. The molecule has 1 rings (SSSR count). The van der Waals surface area contributed by atoms with Gasteiger partial charge >= 0.3 is 6.03 Å². The lowest BCUT2D eigenvalue weighted by Crippen LogP contribution is -2.42. The van der Waals surface area contributed by atoms with E-state index in [2.05, 4.69) is 24.5 Å². The Bertz CT molecular complexity index is 337. The first kappa shape index (κ1) is 13.6. The Balaban J connectivity index is 2.56. The highest BCUT2D eigenvalue weighted by atomic mass is 16.2. The zero-order valence-electron chi connectivity index (χ0n) is 10.9. The van der Waals surface area contributed by atoms with Crippen LogP contribution in [0.5, 0.6) is 0 Å². The molecule has 1 aromatic carbocycles. The molecule has 0 aliphatic carbocycles. The number of urea groups is 1. The van der Waals surface area contributed by atoms with Gasteiger partial charge in [0, 0.05) is 6.04 Å². The minimum atomic E-state index is -0.0879. The maximum Gasteiger partial charge on any atom is 0.315 e. The Morgan fingerprint density at radius 2 is 1.76 bits per heavy atom. The number of nitrogens with one attached hydrogen (secondary N) is 2. The molecule has 0 saturated carbocycles. The van der Waals surface area contributed by atoms with Crippen LogP contribution in [-0.4, -0.2) is 12.1 Å². The van der Waals surface area contributed by atoms with E-state index in [0.717, 1.165) is 18.4 Å². The highest BCUT2D eigenvalue weighted by molar-refractivity contribution is 5.74. The van der Waals surface area contributed by atoms with Crippen LogP contribution in [0.15, 0.2) is 30.3 Å². The van der Waals surface area contributed by atoms with Crippen molar-refractivity contribution in [2.75, 3.05) is 0 Å². The number of carbonyl (C=O) groups excluding carboxylic acids is 1. The van der Waals surface area contributed by atoms with Crippen molar-refractivity contribution in [3.8, 4) is 0 Å². The Kier molecular flexibility index (Phi) is 5.53. The molecule has 0 saturated heterocycles. The predicted octanol–water partition coefficient (Wildman–Crippen LogP) is 3.24. The van der Waals surface area contributed by atoms with E-state index in [-0.39, 0.29) is 18.1 Å². The fraction of sp³-hybridized carbons (Fsp3) is 0.500. The van der Waals surface area contributed by atoms with Gasteiger partial charge in [-0.25, -0.2) is 4.79 Å². The molecule has 0 aliphatic heterocycles. The maximum atomic E-state index is 11.7. The van der Waals surface area contributed by atoms with Crippen LogP contribution >= 0.6 is 0 Å². The molecule has 17 heavy (non-hydrogen) atoms. The van der Waals surface area contributed by atoms with Gasteiger partial charge in [0.25, 0.3) is 0 Å². The summed E-state index contributed by atoms with van der Waals surface area (Å²) >= 11 is 0. The predicted molar refractivity (Wildman–Crippen MR) is 70.9 cm³/mol. The van der Waals surface area contributed by atoms with E-state index in [1.54, 1.807) is 0 Å². The van der Waals surface area contributed by atoms with E-state index in [4.69, 9.17) is 0 Å². The number of carbonyl (C=O) groups is 1. The van der Waals surface area contributed by atoms with E-state index >= 15 is 0 Å². The van der Waals surface area contributed by atoms with Crippen LogP contribution in [-0.2, 0) is 0 Å². The van der Waals surface area contributed by atoms with Crippen molar-refractivity contribution in [1.82, 2.24) is 10.6 Å². The first-order chi connectivity index (χ1) is 8.17. The molecule has 2 N–H and O–H groups in total. The molecule has 2 amide bonds. The molecule has 0 radical (unpaired) electrons. The van der Waals surface area contributed by atoms with Crippen molar-refractivity contribution in [3.05, 3.63) is 35.9 Å². The molecule has 2 atom stereocenters. The minimum absolute atomic E-state index is 0.0836. The molecule has 0 fully saturated rings. The third kappa shape index (κ3) is 4.47. The zero-order chi connectivity index (χ0) is 12.7. The highest BCUT2D eigenvalue weighted by Crippen LogP contribution is 2.15. The van der Waals surface area contributed by atoms with E-state index < -0.39 is 0 Å². The van der Waals surface area contributed by atoms with Crippen LogP contribution in [0.3, 0.4) is 0 Å². The topological polar surface area (TPSA) is 41.1 Å². The van der Waals surface area contributed by atoms with Gasteiger partial charge < -0.3 is 10.6 Å².